The van der Waals surface area contributed by atoms with Gasteiger partial charge in [-0.2, -0.15) is 26.3 Å². The molecule has 0 amide bonds. The molecule has 2 unspecified atom stereocenters. The van der Waals surface area contributed by atoms with E-state index in [2.05, 4.69) is 0 Å². The van der Waals surface area contributed by atoms with Crippen molar-refractivity contribution >= 4 is 28.6 Å². The van der Waals surface area contributed by atoms with Gasteiger partial charge >= 0.3 is 17.8 Å². The Labute approximate surface area is 213 Å². The molecule has 0 radical (unpaired) electrons. The average molecular weight is 528 g/mol. The number of fused-ring (bicyclic) bond motifs is 8. The summed E-state index contributed by atoms with van der Waals surface area (Å²) < 4.78 is 92.5. The number of hydrogen-bond acceptors (Lipinski definition) is 2. The minimum absolute atomic E-state index is 0.155. The molecule has 4 aliphatic rings. The van der Waals surface area contributed by atoms with E-state index in [9.17, 15) is 0 Å². The third-order valence-electron chi connectivity index (χ3n) is 8.40. The lowest BCUT2D eigenvalue weighted by atomic mass is 9.61. The topological polar surface area (TPSA) is 3.24 Å². The van der Waals surface area contributed by atoms with Gasteiger partial charge in [0.2, 0.25) is 0 Å². The van der Waals surface area contributed by atoms with Crippen LogP contribution in [0.15, 0.2) is 94.9 Å². The van der Waals surface area contributed by atoms with Crippen LogP contribution in [0.1, 0.15) is 23.6 Å². The Balaban J connectivity index is 1.78. The zero-order chi connectivity index (χ0) is 26.2. The van der Waals surface area contributed by atoms with E-state index in [4.69, 9.17) is 0 Å². The van der Waals surface area contributed by atoms with Crippen LogP contribution in [0.5, 0.6) is 0 Å². The molecule has 188 valence electrons. The van der Waals surface area contributed by atoms with Crippen LogP contribution in [-0.4, -0.2) is 29.6 Å². The number of thioether (sulfide) groups is 1. The number of para-hydroxylation sites is 1. The summed E-state index contributed by atoms with van der Waals surface area (Å²) in [6, 6.07) is 22.0. The zero-order valence-corrected chi connectivity index (χ0v) is 20.4. The first-order valence-electron chi connectivity index (χ1n) is 11.8. The fourth-order valence-electron chi connectivity index (χ4n) is 6.99. The van der Waals surface area contributed by atoms with Gasteiger partial charge in [-0.25, -0.2) is 0 Å². The van der Waals surface area contributed by atoms with E-state index in [0.29, 0.717) is 16.1 Å². The summed E-state index contributed by atoms with van der Waals surface area (Å²) in [6.45, 7) is 1.72. The lowest BCUT2D eigenvalue weighted by Crippen LogP contribution is -2.58. The highest BCUT2D eigenvalue weighted by atomic mass is 32.2. The number of alkyl halides is 6. The number of rotatable bonds is 1. The lowest BCUT2D eigenvalue weighted by molar-refractivity contribution is -0.257. The molecule has 0 aromatic heterocycles. The molecule has 2 heterocycles. The second-order valence-electron chi connectivity index (χ2n) is 10.0. The number of allylic oxidation sites excluding steroid dienone is 2. The molecule has 37 heavy (non-hydrogen) atoms. The molecule has 3 aromatic rings. The second-order valence-corrected chi connectivity index (χ2v) is 11.5. The van der Waals surface area contributed by atoms with Crippen molar-refractivity contribution in [1.82, 2.24) is 0 Å². The molecule has 1 fully saturated rings. The van der Waals surface area contributed by atoms with Gasteiger partial charge in [-0.05, 0) is 35.8 Å². The molecule has 2 aliphatic carbocycles. The summed E-state index contributed by atoms with van der Waals surface area (Å²) in [5.41, 5.74) is -2.69. The van der Waals surface area contributed by atoms with Crippen LogP contribution in [0.25, 0.3) is 11.1 Å². The van der Waals surface area contributed by atoms with Crippen LogP contribution in [0.2, 0.25) is 0 Å². The van der Waals surface area contributed by atoms with Gasteiger partial charge in [-0.15, -0.1) is 11.8 Å². The Kier molecular flexibility index (Phi) is 4.14. The van der Waals surface area contributed by atoms with E-state index in [1.807, 2.05) is 0 Å². The maximum absolute atomic E-state index is 15.9. The molecule has 0 bridgehead atoms. The molecule has 1 nitrogen and oxygen atoms in total. The number of nitrogens with zero attached hydrogens (tertiary/aromatic N) is 1. The van der Waals surface area contributed by atoms with Gasteiger partial charge in [0.25, 0.3) is 0 Å². The quantitative estimate of drug-likeness (QED) is 0.295. The van der Waals surface area contributed by atoms with Crippen LogP contribution in [-0.2, 0) is 5.54 Å². The third kappa shape index (κ3) is 2.22. The Morgan fingerprint density at radius 3 is 1.84 bits per heavy atom. The van der Waals surface area contributed by atoms with Crippen LogP contribution < -0.4 is 4.90 Å². The fourth-order valence-corrected chi connectivity index (χ4v) is 8.68. The molecule has 2 atom stereocenters. The monoisotopic (exact) mass is 527 g/mol. The molecule has 1 saturated carbocycles. The van der Waals surface area contributed by atoms with Crippen molar-refractivity contribution in [3.05, 3.63) is 107 Å². The highest BCUT2D eigenvalue weighted by Gasteiger charge is 2.85. The van der Waals surface area contributed by atoms with Crippen molar-refractivity contribution in [1.29, 1.82) is 0 Å². The molecular formula is C29H19F6NS. The number of halogens is 6. The Hall–Kier alpha value is -3.13. The third-order valence-corrected chi connectivity index (χ3v) is 9.88. The van der Waals surface area contributed by atoms with Crippen molar-refractivity contribution in [3.8, 4) is 0 Å². The van der Waals surface area contributed by atoms with Crippen molar-refractivity contribution in [3.63, 3.8) is 0 Å². The Morgan fingerprint density at radius 1 is 0.622 bits per heavy atom. The van der Waals surface area contributed by atoms with E-state index in [0.717, 1.165) is 0 Å². The van der Waals surface area contributed by atoms with Crippen LogP contribution >= 0.6 is 11.8 Å². The van der Waals surface area contributed by atoms with Crippen molar-refractivity contribution in [2.75, 3.05) is 11.9 Å². The molecule has 0 N–H and O–H groups in total. The predicted molar refractivity (Wildman–Crippen MR) is 132 cm³/mol. The molecule has 3 aromatic carbocycles. The van der Waals surface area contributed by atoms with Crippen LogP contribution in [0, 0.1) is 0 Å². The number of likely N-dealkylation sites (N-methyl/N-ethyl adjacent to an activating group) is 1. The Bertz CT molecular complexity index is 1580. The van der Waals surface area contributed by atoms with E-state index in [1.165, 1.54) is 11.8 Å². The minimum Gasteiger partial charge on any atom is -0.359 e. The van der Waals surface area contributed by atoms with Gasteiger partial charge in [0.05, 0.1) is 4.75 Å². The summed E-state index contributed by atoms with van der Waals surface area (Å²) in [4.78, 5) is 2.39. The summed E-state index contributed by atoms with van der Waals surface area (Å²) in [5, 5.41) is 0. The van der Waals surface area contributed by atoms with E-state index in [-0.39, 0.29) is 22.3 Å². The first kappa shape index (κ1) is 23.0. The van der Waals surface area contributed by atoms with Gasteiger partial charge < -0.3 is 4.90 Å². The molecule has 2 aliphatic heterocycles. The highest BCUT2D eigenvalue weighted by Crippen LogP contribution is 2.78. The van der Waals surface area contributed by atoms with Crippen LogP contribution in [0.3, 0.4) is 0 Å². The summed E-state index contributed by atoms with van der Waals surface area (Å²) in [5.74, 6) is -15.8. The largest absolute Gasteiger partial charge is 0.380 e. The standard InChI is InChI=1S/C29H19F6NS/c1-25-21(18-13-7-9-15-20(18)37-25)23-24(28(32,33)29(34,35)27(23,30)31)22-17-12-6-8-14-19(17)36(2)26(22,25)16-10-4-3-5-11-16/h3-15H,1-2H3. The van der Waals surface area contributed by atoms with Gasteiger partial charge in [0.15, 0.2) is 0 Å². The van der Waals surface area contributed by atoms with Gasteiger partial charge in [0, 0.05) is 39.9 Å². The minimum atomic E-state index is -5.60. The number of hydrogen-bond donors (Lipinski definition) is 0. The Morgan fingerprint density at radius 2 is 1.16 bits per heavy atom. The maximum Gasteiger partial charge on any atom is 0.380 e. The van der Waals surface area contributed by atoms with Gasteiger partial charge in [-0.3, -0.25) is 0 Å². The summed E-state index contributed by atoms with van der Waals surface area (Å²) in [6.07, 6.45) is 0. The summed E-state index contributed by atoms with van der Waals surface area (Å²) >= 11 is 1.26. The lowest BCUT2D eigenvalue weighted by Gasteiger charge is -2.54. The molecule has 7 rings (SSSR count). The highest BCUT2D eigenvalue weighted by molar-refractivity contribution is 8.01. The summed E-state index contributed by atoms with van der Waals surface area (Å²) in [7, 11) is 1.72. The predicted octanol–water partition coefficient (Wildman–Crippen LogP) is 8.04. The average Bonchev–Trinajstić information content (AvgIpc) is 3.36. The zero-order valence-electron chi connectivity index (χ0n) is 19.6. The maximum atomic E-state index is 15.9. The van der Waals surface area contributed by atoms with Gasteiger partial charge in [0.1, 0.15) is 5.54 Å². The van der Waals surface area contributed by atoms with Crippen molar-refractivity contribution in [2.45, 2.75) is 39.9 Å². The molecular weight excluding hydrogens is 508 g/mol. The molecule has 8 heteroatoms. The van der Waals surface area contributed by atoms with E-state index < -0.39 is 39.2 Å². The first-order valence-corrected chi connectivity index (χ1v) is 12.6. The molecule has 0 saturated heterocycles. The van der Waals surface area contributed by atoms with Crippen LogP contribution in [0.4, 0.5) is 32.0 Å². The molecule has 0 spiro atoms. The van der Waals surface area contributed by atoms with Crippen molar-refractivity contribution < 1.29 is 26.3 Å². The van der Waals surface area contributed by atoms with E-state index >= 15 is 26.3 Å². The van der Waals surface area contributed by atoms with Gasteiger partial charge in [-0.1, -0.05) is 66.7 Å². The number of anilines is 1. The normalized spacial score (nSPS) is 29.6. The smallest absolute Gasteiger partial charge is 0.359 e. The first-order chi connectivity index (χ1) is 17.4. The second kappa shape index (κ2) is 6.65. The SMILES string of the molecule is CN1c2ccccc2C2=C3C(=C4c5ccccc5SC4(C)C21c1ccccc1)C(F)(F)C(F)(F)C3(F)F. The number of benzene rings is 3. The fraction of sp³-hybridized carbons (Fsp3) is 0.241. The van der Waals surface area contributed by atoms with Crippen molar-refractivity contribution in [2.24, 2.45) is 0 Å². The van der Waals surface area contributed by atoms with E-state index in [1.54, 1.807) is 97.7 Å².